The highest BCUT2D eigenvalue weighted by molar-refractivity contribution is 5.31. The molecule has 1 saturated heterocycles. The molecule has 0 unspecified atom stereocenters. The largest absolute Gasteiger partial charge is 0.497 e. The minimum atomic E-state index is -0.181. The summed E-state index contributed by atoms with van der Waals surface area (Å²) in [6, 6.07) is 15.2. The topological polar surface area (TPSA) is 21.7 Å². The lowest BCUT2D eigenvalue weighted by molar-refractivity contribution is 0.0898. The first-order valence-electron chi connectivity index (χ1n) is 9.33. The second-order valence-electron chi connectivity index (χ2n) is 7.28. The summed E-state index contributed by atoms with van der Waals surface area (Å²) < 4.78 is 24.6. The van der Waals surface area contributed by atoms with Gasteiger partial charge in [0.1, 0.15) is 17.3 Å². The molecule has 3 rings (SSSR count). The first kappa shape index (κ1) is 18.7. The van der Waals surface area contributed by atoms with Gasteiger partial charge in [-0.3, -0.25) is 0 Å². The fourth-order valence-corrected chi connectivity index (χ4v) is 3.72. The second kappa shape index (κ2) is 8.54. The number of methoxy groups -OCH3 is 1. The Labute approximate surface area is 155 Å². The number of hydrogen-bond donors (Lipinski definition) is 0. The molecule has 2 aromatic carbocycles. The van der Waals surface area contributed by atoms with Crippen LogP contribution in [0.2, 0.25) is 0 Å². The molecule has 0 bridgehead atoms. The van der Waals surface area contributed by atoms with Gasteiger partial charge in [-0.2, -0.15) is 0 Å². The minimum Gasteiger partial charge on any atom is -0.497 e. The summed E-state index contributed by atoms with van der Waals surface area (Å²) in [5.41, 5.74) is 1.21. The number of likely N-dealkylation sites (tertiary alicyclic amines) is 1. The third-order valence-corrected chi connectivity index (χ3v) is 5.32. The molecule has 2 atom stereocenters. The molecule has 0 saturated carbocycles. The molecule has 0 aliphatic carbocycles. The van der Waals surface area contributed by atoms with Crippen LogP contribution in [0, 0.1) is 11.7 Å². The molecular formula is C22H28FNO2. The van der Waals surface area contributed by atoms with Crippen LogP contribution in [0.5, 0.6) is 11.5 Å². The molecule has 140 valence electrons. The van der Waals surface area contributed by atoms with Crippen molar-refractivity contribution in [2.75, 3.05) is 26.8 Å². The standard InChI is InChI=1S/C22H28FNO2/c1-16(2)24-13-12-22(17-4-6-19(23)7-5-17)18(14-24)15-26-21-10-8-20(25-3)9-11-21/h4-11,16,18,22H,12-15H2,1-3H3/t18-,22-/m0/s1. The first-order valence-corrected chi connectivity index (χ1v) is 9.33. The molecule has 4 heteroatoms. The van der Waals surface area contributed by atoms with Gasteiger partial charge in [0.2, 0.25) is 0 Å². The van der Waals surface area contributed by atoms with Crippen LogP contribution in [0.1, 0.15) is 31.7 Å². The van der Waals surface area contributed by atoms with Gasteiger partial charge in [-0.25, -0.2) is 4.39 Å². The van der Waals surface area contributed by atoms with Crippen molar-refractivity contribution in [1.29, 1.82) is 0 Å². The zero-order valence-electron chi connectivity index (χ0n) is 15.8. The Morgan fingerprint density at radius 1 is 1.04 bits per heavy atom. The maximum absolute atomic E-state index is 13.3. The van der Waals surface area contributed by atoms with Gasteiger partial charge in [-0.15, -0.1) is 0 Å². The maximum Gasteiger partial charge on any atom is 0.123 e. The Balaban J connectivity index is 1.71. The second-order valence-corrected chi connectivity index (χ2v) is 7.28. The predicted molar refractivity (Wildman–Crippen MR) is 102 cm³/mol. The molecule has 0 aromatic heterocycles. The molecule has 0 spiro atoms. The Bertz CT molecular complexity index is 684. The lowest BCUT2D eigenvalue weighted by Crippen LogP contribution is -2.45. The highest BCUT2D eigenvalue weighted by Crippen LogP contribution is 2.34. The van der Waals surface area contributed by atoms with E-state index in [1.807, 2.05) is 36.4 Å². The van der Waals surface area contributed by atoms with Crippen molar-refractivity contribution in [3.63, 3.8) is 0 Å². The normalized spacial score (nSPS) is 21.0. The van der Waals surface area contributed by atoms with Gasteiger partial charge in [0.05, 0.1) is 13.7 Å². The van der Waals surface area contributed by atoms with Crippen molar-refractivity contribution in [1.82, 2.24) is 4.90 Å². The van der Waals surface area contributed by atoms with Crippen molar-refractivity contribution in [3.05, 3.63) is 59.9 Å². The van der Waals surface area contributed by atoms with E-state index in [-0.39, 0.29) is 5.82 Å². The Hall–Kier alpha value is -2.07. The van der Waals surface area contributed by atoms with Crippen LogP contribution >= 0.6 is 0 Å². The van der Waals surface area contributed by atoms with Crippen molar-refractivity contribution >= 4 is 0 Å². The minimum absolute atomic E-state index is 0.181. The number of hydrogen-bond acceptors (Lipinski definition) is 3. The molecule has 2 aromatic rings. The number of nitrogens with zero attached hydrogens (tertiary/aromatic N) is 1. The van der Waals surface area contributed by atoms with Gasteiger partial charge in [-0.1, -0.05) is 12.1 Å². The summed E-state index contributed by atoms with van der Waals surface area (Å²) in [5, 5.41) is 0. The fourth-order valence-electron chi connectivity index (χ4n) is 3.72. The SMILES string of the molecule is COc1ccc(OC[C@@H]2CN(C(C)C)CC[C@H]2c2ccc(F)cc2)cc1. The average Bonchev–Trinajstić information content (AvgIpc) is 2.67. The molecule has 1 aliphatic rings. The first-order chi connectivity index (χ1) is 12.6. The third-order valence-electron chi connectivity index (χ3n) is 5.32. The Kier molecular flexibility index (Phi) is 6.15. The summed E-state index contributed by atoms with van der Waals surface area (Å²) in [4.78, 5) is 2.50. The summed E-state index contributed by atoms with van der Waals surface area (Å²) >= 11 is 0. The van der Waals surface area contributed by atoms with E-state index < -0.39 is 0 Å². The quantitative estimate of drug-likeness (QED) is 0.746. The molecular weight excluding hydrogens is 329 g/mol. The van der Waals surface area contributed by atoms with E-state index in [1.165, 1.54) is 5.56 Å². The Morgan fingerprint density at radius 2 is 1.69 bits per heavy atom. The van der Waals surface area contributed by atoms with Crippen LogP contribution in [0.4, 0.5) is 4.39 Å². The van der Waals surface area contributed by atoms with Gasteiger partial charge in [-0.05, 0) is 74.7 Å². The molecule has 3 nitrogen and oxygen atoms in total. The van der Waals surface area contributed by atoms with Crippen LogP contribution in [0.3, 0.4) is 0 Å². The van der Waals surface area contributed by atoms with E-state index in [2.05, 4.69) is 18.7 Å². The van der Waals surface area contributed by atoms with Crippen molar-refractivity contribution < 1.29 is 13.9 Å². The molecule has 0 amide bonds. The van der Waals surface area contributed by atoms with E-state index in [4.69, 9.17) is 9.47 Å². The highest BCUT2D eigenvalue weighted by Gasteiger charge is 2.31. The smallest absolute Gasteiger partial charge is 0.123 e. The number of halogens is 1. The molecule has 26 heavy (non-hydrogen) atoms. The van der Waals surface area contributed by atoms with Crippen molar-refractivity contribution in [2.24, 2.45) is 5.92 Å². The fraction of sp³-hybridized carbons (Fsp3) is 0.455. The zero-order chi connectivity index (χ0) is 18.5. The number of ether oxygens (including phenoxy) is 2. The molecule has 0 radical (unpaired) electrons. The van der Waals surface area contributed by atoms with Crippen LogP contribution in [0.15, 0.2) is 48.5 Å². The van der Waals surface area contributed by atoms with Gasteiger partial charge < -0.3 is 14.4 Å². The van der Waals surface area contributed by atoms with Crippen molar-refractivity contribution in [3.8, 4) is 11.5 Å². The van der Waals surface area contributed by atoms with Crippen LogP contribution in [-0.2, 0) is 0 Å². The third kappa shape index (κ3) is 4.55. The summed E-state index contributed by atoms with van der Waals surface area (Å²) in [5.74, 6) is 2.26. The van der Waals surface area contributed by atoms with Gasteiger partial charge in [0, 0.05) is 18.5 Å². The molecule has 0 N–H and O–H groups in total. The zero-order valence-corrected chi connectivity index (χ0v) is 15.8. The number of benzene rings is 2. The Morgan fingerprint density at radius 3 is 2.31 bits per heavy atom. The molecule has 1 aliphatic heterocycles. The summed E-state index contributed by atoms with van der Waals surface area (Å²) in [6.07, 6.45) is 1.07. The summed E-state index contributed by atoms with van der Waals surface area (Å²) in [6.45, 7) is 7.19. The van der Waals surface area contributed by atoms with E-state index in [9.17, 15) is 4.39 Å². The summed E-state index contributed by atoms with van der Waals surface area (Å²) in [7, 11) is 1.66. The van der Waals surface area contributed by atoms with Crippen molar-refractivity contribution in [2.45, 2.75) is 32.2 Å². The molecule has 1 fully saturated rings. The molecule has 1 heterocycles. The van der Waals surface area contributed by atoms with E-state index in [0.29, 0.717) is 24.5 Å². The van der Waals surface area contributed by atoms with E-state index in [0.717, 1.165) is 31.0 Å². The van der Waals surface area contributed by atoms with E-state index >= 15 is 0 Å². The van der Waals surface area contributed by atoms with Gasteiger partial charge in [0.25, 0.3) is 0 Å². The van der Waals surface area contributed by atoms with Gasteiger partial charge >= 0.3 is 0 Å². The lowest BCUT2D eigenvalue weighted by atomic mass is 9.80. The average molecular weight is 357 g/mol. The number of piperidine rings is 1. The van der Waals surface area contributed by atoms with E-state index in [1.54, 1.807) is 19.2 Å². The van der Waals surface area contributed by atoms with Crippen LogP contribution in [0.25, 0.3) is 0 Å². The number of rotatable bonds is 6. The highest BCUT2D eigenvalue weighted by atomic mass is 19.1. The van der Waals surface area contributed by atoms with Gasteiger partial charge in [0.15, 0.2) is 0 Å². The lowest BCUT2D eigenvalue weighted by Gasteiger charge is -2.40. The van der Waals surface area contributed by atoms with Crippen LogP contribution in [-0.4, -0.2) is 37.7 Å². The van der Waals surface area contributed by atoms with Crippen LogP contribution < -0.4 is 9.47 Å². The monoisotopic (exact) mass is 357 g/mol. The predicted octanol–water partition coefficient (Wildman–Crippen LogP) is 4.73. The maximum atomic E-state index is 13.3.